The summed E-state index contributed by atoms with van der Waals surface area (Å²) in [6, 6.07) is 1.60. The molecule has 1 aliphatic rings. The van der Waals surface area contributed by atoms with Gasteiger partial charge in [0.2, 0.25) is 0 Å². The van der Waals surface area contributed by atoms with Crippen molar-refractivity contribution in [3.8, 4) is 5.75 Å². The van der Waals surface area contributed by atoms with Gasteiger partial charge in [0.05, 0.1) is 12.1 Å². The van der Waals surface area contributed by atoms with Gasteiger partial charge < -0.3 is 10.5 Å². The number of hydrogen-bond donors (Lipinski definition) is 1. The van der Waals surface area contributed by atoms with Crippen molar-refractivity contribution in [3.05, 3.63) is 28.0 Å². The van der Waals surface area contributed by atoms with Crippen LogP contribution in [0.4, 0.5) is 4.39 Å². The number of ether oxygens (including phenoxy) is 1. The Balaban J connectivity index is 2.60. The molecule has 1 aromatic carbocycles. The quantitative estimate of drug-likeness (QED) is 0.866. The third-order valence-corrected chi connectivity index (χ3v) is 3.66. The second-order valence-electron chi connectivity index (χ2n) is 4.39. The molecule has 88 valence electrons. The van der Waals surface area contributed by atoms with Crippen molar-refractivity contribution in [2.75, 3.05) is 7.11 Å². The lowest BCUT2D eigenvalue weighted by molar-refractivity contribution is 0.243. The SMILES string of the molecule is COc1c(C2(N)CCC2)cc(Cl)c(F)c1C. The Bertz CT molecular complexity index is 430. The van der Waals surface area contributed by atoms with E-state index < -0.39 is 11.4 Å². The maximum absolute atomic E-state index is 13.6. The zero-order chi connectivity index (χ0) is 11.9. The Morgan fingerprint density at radius 3 is 2.56 bits per heavy atom. The summed E-state index contributed by atoms with van der Waals surface area (Å²) < 4.78 is 18.9. The van der Waals surface area contributed by atoms with E-state index >= 15 is 0 Å². The van der Waals surface area contributed by atoms with Gasteiger partial charge in [-0.05, 0) is 32.3 Å². The predicted octanol–water partition coefficient (Wildman–Crippen LogP) is 3.13. The second-order valence-corrected chi connectivity index (χ2v) is 4.80. The van der Waals surface area contributed by atoms with Crippen molar-refractivity contribution in [2.45, 2.75) is 31.7 Å². The monoisotopic (exact) mass is 243 g/mol. The van der Waals surface area contributed by atoms with Gasteiger partial charge in [-0.1, -0.05) is 11.6 Å². The van der Waals surface area contributed by atoms with Crippen LogP contribution in [-0.2, 0) is 5.54 Å². The van der Waals surface area contributed by atoms with Crippen LogP contribution in [-0.4, -0.2) is 7.11 Å². The summed E-state index contributed by atoms with van der Waals surface area (Å²) >= 11 is 5.85. The number of halogens is 2. The minimum atomic E-state index is -0.426. The van der Waals surface area contributed by atoms with Crippen molar-refractivity contribution in [1.82, 2.24) is 0 Å². The molecule has 1 aliphatic carbocycles. The maximum Gasteiger partial charge on any atom is 0.148 e. The fourth-order valence-electron chi connectivity index (χ4n) is 2.20. The molecule has 16 heavy (non-hydrogen) atoms. The van der Waals surface area contributed by atoms with Gasteiger partial charge >= 0.3 is 0 Å². The van der Waals surface area contributed by atoms with E-state index in [2.05, 4.69) is 0 Å². The third kappa shape index (κ3) is 1.59. The van der Waals surface area contributed by atoms with Crippen molar-refractivity contribution < 1.29 is 9.13 Å². The maximum atomic E-state index is 13.6. The van der Waals surface area contributed by atoms with E-state index in [1.165, 1.54) is 7.11 Å². The summed E-state index contributed by atoms with van der Waals surface area (Å²) in [5, 5.41) is 0.116. The van der Waals surface area contributed by atoms with Crippen LogP contribution < -0.4 is 10.5 Å². The lowest BCUT2D eigenvalue weighted by atomic mass is 9.72. The standard InChI is InChI=1S/C12H15ClFNO/c1-7-10(14)9(13)6-8(11(7)16-2)12(15)4-3-5-12/h6H,3-5,15H2,1-2H3. The molecule has 0 heterocycles. The Morgan fingerprint density at radius 1 is 1.50 bits per heavy atom. The molecule has 1 fully saturated rings. The molecule has 0 atom stereocenters. The normalized spacial score (nSPS) is 18.1. The largest absolute Gasteiger partial charge is 0.496 e. The molecule has 0 saturated heterocycles. The van der Waals surface area contributed by atoms with Crippen molar-refractivity contribution >= 4 is 11.6 Å². The molecule has 1 saturated carbocycles. The zero-order valence-corrected chi connectivity index (χ0v) is 10.2. The van der Waals surface area contributed by atoms with Gasteiger partial charge in [-0.15, -0.1) is 0 Å². The summed E-state index contributed by atoms with van der Waals surface area (Å²) in [4.78, 5) is 0. The van der Waals surface area contributed by atoms with Crippen LogP contribution in [0.2, 0.25) is 5.02 Å². The molecule has 0 aromatic heterocycles. The van der Waals surface area contributed by atoms with Crippen LogP contribution >= 0.6 is 11.6 Å². The predicted molar refractivity (Wildman–Crippen MR) is 62.4 cm³/mol. The first-order valence-corrected chi connectivity index (χ1v) is 5.69. The van der Waals surface area contributed by atoms with Crippen LogP contribution in [0.25, 0.3) is 0 Å². The Kier molecular flexibility index (Phi) is 2.84. The molecule has 1 aromatic rings. The first kappa shape index (κ1) is 11.7. The zero-order valence-electron chi connectivity index (χ0n) is 9.44. The van der Waals surface area contributed by atoms with Gasteiger partial charge in [-0.3, -0.25) is 0 Å². The van der Waals surface area contributed by atoms with Crippen LogP contribution in [0.3, 0.4) is 0 Å². The summed E-state index contributed by atoms with van der Waals surface area (Å²) in [5.41, 5.74) is 7.09. The molecule has 2 rings (SSSR count). The lowest BCUT2D eigenvalue weighted by Gasteiger charge is -2.39. The van der Waals surface area contributed by atoms with E-state index in [9.17, 15) is 4.39 Å². The average Bonchev–Trinajstić information content (AvgIpc) is 2.22. The van der Waals surface area contributed by atoms with E-state index in [-0.39, 0.29) is 5.02 Å². The molecule has 0 amide bonds. The average molecular weight is 244 g/mol. The van der Waals surface area contributed by atoms with Crippen molar-refractivity contribution in [3.63, 3.8) is 0 Å². The Morgan fingerprint density at radius 2 is 2.12 bits per heavy atom. The Labute approximate surface area is 99.5 Å². The van der Waals surface area contributed by atoms with Gasteiger partial charge in [0.25, 0.3) is 0 Å². The molecule has 0 bridgehead atoms. The first-order valence-electron chi connectivity index (χ1n) is 5.31. The fourth-order valence-corrected chi connectivity index (χ4v) is 2.45. The second kappa shape index (κ2) is 3.90. The number of methoxy groups -OCH3 is 1. The van der Waals surface area contributed by atoms with Crippen molar-refractivity contribution in [2.24, 2.45) is 5.73 Å². The minimum absolute atomic E-state index is 0.116. The number of nitrogens with two attached hydrogens (primary N) is 1. The van der Waals surface area contributed by atoms with E-state index in [0.29, 0.717) is 11.3 Å². The summed E-state index contributed by atoms with van der Waals surface area (Å²) in [6.45, 7) is 1.66. The molecule has 0 radical (unpaired) electrons. The van der Waals surface area contributed by atoms with Gasteiger partial charge in [-0.2, -0.15) is 0 Å². The van der Waals surface area contributed by atoms with Crippen molar-refractivity contribution in [1.29, 1.82) is 0 Å². The van der Waals surface area contributed by atoms with Gasteiger partial charge in [-0.25, -0.2) is 4.39 Å². The molecule has 0 aliphatic heterocycles. The highest BCUT2D eigenvalue weighted by molar-refractivity contribution is 6.31. The highest BCUT2D eigenvalue weighted by Crippen LogP contribution is 2.45. The smallest absolute Gasteiger partial charge is 0.148 e. The van der Waals surface area contributed by atoms with Crippen LogP contribution in [0, 0.1) is 12.7 Å². The highest BCUT2D eigenvalue weighted by atomic mass is 35.5. The number of hydrogen-bond acceptors (Lipinski definition) is 2. The van der Waals surface area contributed by atoms with E-state index in [0.717, 1.165) is 24.8 Å². The fraction of sp³-hybridized carbons (Fsp3) is 0.500. The molecule has 0 spiro atoms. The van der Waals surface area contributed by atoms with Gasteiger partial charge in [0.1, 0.15) is 11.6 Å². The minimum Gasteiger partial charge on any atom is -0.496 e. The van der Waals surface area contributed by atoms with Crippen LogP contribution in [0.5, 0.6) is 5.75 Å². The summed E-state index contributed by atoms with van der Waals surface area (Å²) in [5.74, 6) is 0.106. The summed E-state index contributed by atoms with van der Waals surface area (Å²) in [7, 11) is 1.53. The van der Waals surface area contributed by atoms with E-state index in [1.54, 1.807) is 13.0 Å². The molecular weight excluding hydrogens is 229 g/mol. The molecule has 2 nitrogen and oxygen atoms in total. The third-order valence-electron chi connectivity index (χ3n) is 3.38. The van der Waals surface area contributed by atoms with Gasteiger partial charge in [0, 0.05) is 16.7 Å². The first-order chi connectivity index (χ1) is 7.49. The van der Waals surface area contributed by atoms with E-state index in [1.807, 2.05) is 0 Å². The molecular formula is C12H15ClFNO. The topological polar surface area (TPSA) is 35.2 Å². The molecule has 4 heteroatoms. The highest BCUT2D eigenvalue weighted by Gasteiger charge is 2.38. The molecule has 2 N–H and O–H groups in total. The molecule has 0 unspecified atom stereocenters. The Hall–Kier alpha value is -0.800. The van der Waals surface area contributed by atoms with Gasteiger partial charge in [0.15, 0.2) is 0 Å². The van der Waals surface area contributed by atoms with Crippen LogP contribution in [0.1, 0.15) is 30.4 Å². The summed E-state index contributed by atoms with van der Waals surface area (Å²) in [6.07, 6.45) is 2.88. The lowest BCUT2D eigenvalue weighted by Crippen LogP contribution is -2.43. The number of benzene rings is 1. The van der Waals surface area contributed by atoms with E-state index in [4.69, 9.17) is 22.1 Å². The number of rotatable bonds is 2. The van der Waals surface area contributed by atoms with Crippen LogP contribution in [0.15, 0.2) is 6.07 Å².